The monoisotopic (exact) mass is 402 g/mol. The van der Waals surface area contributed by atoms with Gasteiger partial charge in [0.15, 0.2) is 0 Å². The van der Waals surface area contributed by atoms with E-state index in [1.54, 1.807) is 19.2 Å². The van der Waals surface area contributed by atoms with Crippen molar-refractivity contribution in [2.45, 2.75) is 50.0 Å². The number of methoxy groups -OCH3 is 1. The van der Waals surface area contributed by atoms with Crippen LogP contribution in [-0.4, -0.2) is 40.6 Å². The van der Waals surface area contributed by atoms with Crippen LogP contribution in [-0.2, 0) is 22.9 Å². The Kier molecular flexibility index (Phi) is 6.01. The Morgan fingerprint density at radius 3 is 2.32 bits per heavy atom. The summed E-state index contributed by atoms with van der Waals surface area (Å²) in [6.45, 7) is 4.18. The molecule has 0 unspecified atom stereocenters. The van der Waals surface area contributed by atoms with Gasteiger partial charge in [0.1, 0.15) is 5.75 Å². The molecule has 28 heavy (non-hydrogen) atoms. The minimum atomic E-state index is -3.64. The molecule has 5 nitrogen and oxygen atoms in total. The minimum Gasteiger partial charge on any atom is -0.496 e. The average molecular weight is 403 g/mol. The first-order chi connectivity index (χ1) is 13.2. The Hall–Kier alpha value is -2.05. The second-order valence-electron chi connectivity index (χ2n) is 7.96. The molecule has 1 atom stereocenters. The Balaban J connectivity index is 1.93. The Bertz CT molecular complexity index is 935. The first-order valence-electron chi connectivity index (χ1n) is 9.71. The highest BCUT2D eigenvalue weighted by Crippen LogP contribution is 2.36. The lowest BCUT2D eigenvalue weighted by molar-refractivity contribution is 0.265. The summed E-state index contributed by atoms with van der Waals surface area (Å²) in [5, 5.41) is 0. The molecule has 0 radical (unpaired) electrons. The second kappa shape index (κ2) is 8.13. The van der Waals surface area contributed by atoms with Crippen LogP contribution in [0.1, 0.15) is 42.9 Å². The van der Waals surface area contributed by atoms with E-state index in [0.717, 1.165) is 41.7 Å². The summed E-state index contributed by atoms with van der Waals surface area (Å²) >= 11 is 0. The summed E-state index contributed by atoms with van der Waals surface area (Å²) < 4.78 is 34.3. The van der Waals surface area contributed by atoms with Crippen LogP contribution >= 0.6 is 0 Å². The van der Waals surface area contributed by atoms with Gasteiger partial charge in [0.05, 0.1) is 17.7 Å². The van der Waals surface area contributed by atoms with Crippen molar-refractivity contribution >= 4 is 15.7 Å². The summed E-state index contributed by atoms with van der Waals surface area (Å²) in [5.41, 5.74) is 3.92. The normalized spacial score (nSPS) is 16.9. The number of likely N-dealkylation sites (N-methyl/N-ethyl adjacent to an activating group) is 1. The SMILES string of the molecule is COc1ccc(NS(=O)(=O)c2ccc(C(C)C)cc2)c2c1C[C@@H](N(C)C)CC2. The van der Waals surface area contributed by atoms with Crippen LogP contribution in [0.5, 0.6) is 5.75 Å². The first-order valence-corrected chi connectivity index (χ1v) is 11.2. The van der Waals surface area contributed by atoms with Crippen molar-refractivity contribution in [3.8, 4) is 5.75 Å². The van der Waals surface area contributed by atoms with E-state index in [2.05, 4.69) is 37.6 Å². The molecule has 2 aromatic rings. The molecule has 0 saturated carbocycles. The van der Waals surface area contributed by atoms with E-state index in [1.165, 1.54) is 0 Å². The molecule has 0 saturated heterocycles. The maximum absolute atomic E-state index is 12.9. The topological polar surface area (TPSA) is 58.6 Å². The summed E-state index contributed by atoms with van der Waals surface area (Å²) in [7, 11) is 2.18. The zero-order chi connectivity index (χ0) is 20.5. The number of rotatable bonds is 6. The average Bonchev–Trinajstić information content (AvgIpc) is 2.67. The molecule has 0 aliphatic heterocycles. The van der Waals surface area contributed by atoms with Gasteiger partial charge in [0.25, 0.3) is 10.0 Å². The number of hydrogen-bond acceptors (Lipinski definition) is 4. The third-order valence-corrected chi connectivity index (χ3v) is 6.99. The molecule has 0 heterocycles. The standard InChI is InChI=1S/C22H30N2O3S/c1-15(2)16-6-9-18(10-7-16)28(25,26)23-21-12-13-22(27-5)20-14-17(24(3)4)8-11-19(20)21/h6-7,9-10,12-13,15,17,23H,8,11,14H2,1-5H3/t17-/m0/s1. The Morgan fingerprint density at radius 2 is 1.75 bits per heavy atom. The Morgan fingerprint density at radius 1 is 1.07 bits per heavy atom. The van der Waals surface area contributed by atoms with E-state index < -0.39 is 10.0 Å². The van der Waals surface area contributed by atoms with Gasteiger partial charge in [-0.1, -0.05) is 26.0 Å². The van der Waals surface area contributed by atoms with E-state index in [9.17, 15) is 8.42 Å². The van der Waals surface area contributed by atoms with Gasteiger partial charge in [0.2, 0.25) is 0 Å². The van der Waals surface area contributed by atoms with Crippen LogP contribution in [0.3, 0.4) is 0 Å². The van der Waals surface area contributed by atoms with Crippen LogP contribution in [0.2, 0.25) is 0 Å². The van der Waals surface area contributed by atoms with E-state index >= 15 is 0 Å². The van der Waals surface area contributed by atoms with Crippen LogP contribution in [0, 0.1) is 0 Å². The fourth-order valence-corrected chi connectivity index (χ4v) is 4.89. The van der Waals surface area contributed by atoms with Crippen molar-refractivity contribution in [1.82, 2.24) is 4.90 Å². The number of ether oxygens (including phenoxy) is 1. The molecule has 1 N–H and O–H groups in total. The smallest absolute Gasteiger partial charge is 0.261 e. The van der Waals surface area contributed by atoms with Gasteiger partial charge >= 0.3 is 0 Å². The third-order valence-electron chi connectivity index (χ3n) is 5.61. The molecule has 3 rings (SSSR count). The second-order valence-corrected chi connectivity index (χ2v) is 9.64. The lowest BCUT2D eigenvalue weighted by atomic mass is 9.86. The van der Waals surface area contributed by atoms with Crippen molar-refractivity contribution in [2.75, 3.05) is 25.9 Å². The van der Waals surface area contributed by atoms with Gasteiger partial charge in [-0.15, -0.1) is 0 Å². The number of nitrogens with zero attached hydrogens (tertiary/aromatic N) is 1. The Labute approximate surface area is 168 Å². The molecule has 2 aromatic carbocycles. The number of nitrogens with one attached hydrogen (secondary N) is 1. The van der Waals surface area contributed by atoms with Crippen LogP contribution in [0.4, 0.5) is 5.69 Å². The molecule has 6 heteroatoms. The highest BCUT2D eigenvalue weighted by atomic mass is 32.2. The van der Waals surface area contributed by atoms with Gasteiger partial charge in [0, 0.05) is 11.6 Å². The van der Waals surface area contributed by atoms with Crippen molar-refractivity contribution in [1.29, 1.82) is 0 Å². The fraction of sp³-hybridized carbons (Fsp3) is 0.455. The van der Waals surface area contributed by atoms with Crippen molar-refractivity contribution < 1.29 is 13.2 Å². The molecular weight excluding hydrogens is 372 g/mol. The molecule has 152 valence electrons. The molecule has 1 aliphatic carbocycles. The molecule has 0 fully saturated rings. The van der Waals surface area contributed by atoms with Gasteiger partial charge in [-0.05, 0) is 74.7 Å². The third kappa shape index (κ3) is 4.18. The minimum absolute atomic E-state index is 0.281. The number of benzene rings is 2. The van der Waals surface area contributed by atoms with E-state index in [1.807, 2.05) is 24.3 Å². The fourth-order valence-electron chi connectivity index (χ4n) is 3.79. The van der Waals surface area contributed by atoms with Gasteiger partial charge in [-0.2, -0.15) is 0 Å². The van der Waals surface area contributed by atoms with E-state index in [-0.39, 0.29) is 4.90 Å². The molecule has 0 spiro atoms. The molecule has 0 bridgehead atoms. The molecule has 0 aromatic heterocycles. The lowest BCUT2D eigenvalue weighted by Crippen LogP contribution is -2.34. The highest BCUT2D eigenvalue weighted by molar-refractivity contribution is 7.92. The first kappa shape index (κ1) is 20.7. The van der Waals surface area contributed by atoms with Crippen LogP contribution < -0.4 is 9.46 Å². The van der Waals surface area contributed by atoms with Crippen molar-refractivity contribution in [2.24, 2.45) is 0 Å². The molecule has 0 amide bonds. The number of anilines is 1. The maximum Gasteiger partial charge on any atom is 0.261 e. The van der Waals surface area contributed by atoms with Crippen molar-refractivity contribution in [3.05, 3.63) is 53.1 Å². The molecule has 1 aliphatic rings. The summed E-state index contributed by atoms with van der Waals surface area (Å²) in [6, 6.07) is 11.2. The number of fused-ring (bicyclic) bond motifs is 1. The van der Waals surface area contributed by atoms with E-state index in [4.69, 9.17) is 4.74 Å². The summed E-state index contributed by atoms with van der Waals surface area (Å²) in [6.07, 6.45) is 2.66. The summed E-state index contributed by atoms with van der Waals surface area (Å²) in [5.74, 6) is 1.19. The largest absolute Gasteiger partial charge is 0.496 e. The van der Waals surface area contributed by atoms with E-state index in [0.29, 0.717) is 17.6 Å². The maximum atomic E-state index is 12.9. The predicted molar refractivity (Wildman–Crippen MR) is 114 cm³/mol. The van der Waals surface area contributed by atoms with Crippen LogP contribution in [0.25, 0.3) is 0 Å². The quantitative estimate of drug-likeness (QED) is 0.792. The summed E-state index contributed by atoms with van der Waals surface area (Å²) in [4.78, 5) is 2.50. The molecular formula is C22H30N2O3S. The van der Waals surface area contributed by atoms with Crippen molar-refractivity contribution in [3.63, 3.8) is 0 Å². The lowest BCUT2D eigenvalue weighted by Gasteiger charge is -2.32. The van der Waals surface area contributed by atoms with Gasteiger partial charge < -0.3 is 9.64 Å². The number of hydrogen-bond donors (Lipinski definition) is 1. The van der Waals surface area contributed by atoms with Gasteiger partial charge in [-0.3, -0.25) is 4.72 Å². The van der Waals surface area contributed by atoms with Gasteiger partial charge in [-0.25, -0.2) is 8.42 Å². The predicted octanol–water partition coefficient (Wildman–Crippen LogP) is 4.04. The zero-order valence-electron chi connectivity index (χ0n) is 17.3. The number of sulfonamides is 1. The zero-order valence-corrected chi connectivity index (χ0v) is 18.1. The highest BCUT2D eigenvalue weighted by Gasteiger charge is 2.27. The van der Waals surface area contributed by atoms with Crippen LogP contribution in [0.15, 0.2) is 41.3 Å².